The Bertz CT molecular complexity index is 319. The normalized spacial score (nSPS) is 14.6. The number of nitrogens with one attached hydrogen (secondary N) is 1. The van der Waals surface area contributed by atoms with Gasteiger partial charge in [0, 0.05) is 13.2 Å². The van der Waals surface area contributed by atoms with Gasteiger partial charge in [-0.15, -0.1) is 0 Å². The van der Waals surface area contributed by atoms with E-state index in [-0.39, 0.29) is 11.9 Å². The van der Waals surface area contributed by atoms with Crippen LogP contribution in [0, 0.1) is 5.82 Å². The summed E-state index contributed by atoms with van der Waals surface area (Å²) >= 11 is 0. The monoisotopic (exact) mass is 242 g/mol. The third kappa shape index (κ3) is 5.21. The Hall–Kier alpha value is -1.04. The molecular formula is C12H19FN2O2. The summed E-state index contributed by atoms with van der Waals surface area (Å²) in [5, 5.41) is 12.6. The SMILES string of the molecule is COCC(O)CCNC(C)c1ccc(F)cn1. The zero-order valence-electron chi connectivity index (χ0n) is 10.2. The van der Waals surface area contributed by atoms with Gasteiger partial charge in [0.2, 0.25) is 0 Å². The second kappa shape index (κ2) is 7.32. The molecule has 2 atom stereocenters. The van der Waals surface area contributed by atoms with Crippen LogP contribution < -0.4 is 5.32 Å². The number of nitrogens with zero attached hydrogens (tertiary/aromatic N) is 1. The summed E-state index contributed by atoms with van der Waals surface area (Å²) in [4.78, 5) is 3.99. The van der Waals surface area contributed by atoms with Crippen LogP contribution in [0.5, 0.6) is 0 Å². The van der Waals surface area contributed by atoms with Crippen LogP contribution in [0.15, 0.2) is 18.3 Å². The number of methoxy groups -OCH3 is 1. The third-order valence-corrected chi connectivity index (χ3v) is 2.48. The molecule has 1 heterocycles. The Morgan fingerprint density at radius 1 is 1.53 bits per heavy atom. The molecule has 0 saturated carbocycles. The van der Waals surface area contributed by atoms with Crippen molar-refractivity contribution >= 4 is 0 Å². The van der Waals surface area contributed by atoms with Crippen LogP contribution in [-0.4, -0.2) is 36.5 Å². The number of halogens is 1. The molecule has 0 radical (unpaired) electrons. The van der Waals surface area contributed by atoms with Crippen LogP contribution in [0.25, 0.3) is 0 Å². The molecule has 0 aliphatic rings. The van der Waals surface area contributed by atoms with Gasteiger partial charge in [-0.2, -0.15) is 0 Å². The largest absolute Gasteiger partial charge is 0.391 e. The van der Waals surface area contributed by atoms with Gasteiger partial charge in [0.15, 0.2) is 0 Å². The van der Waals surface area contributed by atoms with Crippen molar-refractivity contribution in [3.05, 3.63) is 29.8 Å². The van der Waals surface area contributed by atoms with E-state index in [1.54, 1.807) is 13.2 Å². The van der Waals surface area contributed by atoms with Gasteiger partial charge in [-0.25, -0.2) is 4.39 Å². The van der Waals surface area contributed by atoms with Gasteiger partial charge < -0.3 is 15.2 Å². The quantitative estimate of drug-likeness (QED) is 0.756. The number of pyridine rings is 1. The van der Waals surface area contributed by atoms with Gasteiger partial charge in [0.1, 0.15) is 5.82 Å². The molecule has 0 bridgehead atoms. The lowest BCUT2D eigenvalue weighted by atomic mass is 10.2. The van der Waals surface area contributed by atoms with Crippen molar-refractivity contribution in [2.75, 3.05) is 20.3 Å². The van der Waals surface area contributed by atoms with Crippen molar-refractivity contribution in [2.24, 2.45) is 0 Å². The van der Waals surface area contributed by atoms with Crippen molar-refractivity contribution in [2.45, 2.75) is 25.5 Å². The molecule has 0 fully saturated rings. The summed E-state index contributed by atoms with van der Waals surface area (Å²) in [7, 11) is 1.56. The Morgan fingerprint density at radius 3 is 2.88 bits per heavy atom. The second-order valence-electron chi connectivity index (χ2n) is 3.97. The van der Waals surface area contributed by atoms with Crippen molar-refractivity contribution in [3.8, 4) is 0 Å². The molecule has 96 valence electrons. The first kappa shape index (κ1) is 14.0. The highest BCUT2D eigenvalue weighted by Crippen LogP contribution is 2.09. The Labute approximate surface area is 101 Å². The maximum absolute atomic E-state index is 12.7. The van der Waals surface area contributed by atoms with Gasteiger partial charge in [-0.3, -0.25) is 4.98 Å². The van der Waals surface area contributed by atoms with Gasteiger partial charge in [-0.05, 0) is 32.0 Å². The topological polar surface area (TPSA) is 54.4 Å². The van der Waals surface area contributed by atoms with Gasteiger partial charge >= 0.3 is 0 Å². The van der Waals surface area contributed by atoms with Crippen LogP contribution in [0.2, 0.25) is 0 Å². The van der Waals surface area contributed by atoms with Crippen LogP contribution in [0.4, 0.5) is 4.39 Å². The Kier molecular flexibility index (Phi) is 6.04. The number of aliphatic hydroxyl groups is 1. The number of aliphatic hydroxyl groups excluding tert-OH is 1. The van der Waals surface area contributed by atoms with Crippen molar-refractivity contribution < 1.29 is 14.2 Å². The van der Waals surface area contributed by atoms with Crippen molar-refractivity contribution in [1.29, 1.82) is 0 Å². The van der Waals surface area contributed by atoms with E-state index in [2.05, 4.69) is 10.3 Å². The molecule has 0 spiro atoms. The fourth-order valence-corrected chi connectivity index (χ4v) is 1.49. The van der Waals surface area contributed by atoms with E-state index in [0.29, 0.717) is 19.6 Å². The molecule has 0 aliphatic carbocycles. The van der Waals surface area contributed by atoms with Gasteiger partial charge in [-0.1, -0.05) is 0 Å². The highest BCUT2D eigenvalue weighted by atomic mass is 19.1. The second-order valence-corrected chi connectivity index (χ2v) is 3.97. The maximum atomic E-state index is 12.7. The lowest BCUT2D eigenvalue weighted by Gasteiger charge is -2.15. The van der Waals surface area contributed by atoms with E-state index in [9.17, 15) is 9.50 Å². The highest BCUT2D eigenvalue weighted by Gasteiger charge is 2.08. The summed E-state index contributed by atoms with van der Waals surface area (Å²) in [6.45, 7) is 2.94. The average molecular weight is 242 g/mol. The third-order valence-electron chi connectivity index (χ3n) is 2.48. The lowest BCUT2D eigenvalue weighted by Crippen LogP contribution is -2.26. The molecule has 0 amide bonds. The van der Waals surface area contributed by atoms with Gasteiger partial charge in [0.25, 0.3) is 0 Å². The standard InChI is InChI=1S/C12H19FN2O2/c1-9(12-4-3-10(13)7-15-12)14-6-5-11(16)8-17-2/h3-4,7,9,11,14,16H,5-6,8H2,1-2H3. The van der Waals surface area contributed by atoms with Crippen LogP contribution in [0.3, 0.4) is 0 Å². The molecule has 17 heavy (non-hydrogen) atoms. The number of hydrogen-bond acceptors (Lipinski definition) is 4. The smallest absolute Gasteiger partial charge is 0.141 e. The van der Waals surface area contributed by atoms with Crippen molar-refractivity contribution in [1.82, 2.24) is 10.3 Å². The summed E-state index contributed by atoms with van der Waals surface area (Å²) in [6.07, 6.45) is 1.35. The van der Waals surface area contributed by atoms with Crippen LogP contribution in [0.1, 0.15) is 25.1 Å². The summed E-state index contributed by atoms with van der Waals surface area (Å²) in [5.41, 5.74) is 0.785. The predicted octanol–water partition coefficient (Wildman–Crippen LogP) is 1.27. The zero-order chi connectivity index (χ0) is 12.7. The molecule has 4 nitrogen and oxygen atoms in total. The number of rotatable bonds is 7. The molecule has 5 heteroatoms. The zero-order valence-corrected chi connectivity index (χ0v) is 10.2. The molecule has 0 aromatic carbocycles. The minimum absolute atomic E-state index is 0.0327. The number of aromatic nitrogens is 1. The molecular weight excluding hydrogens is 223 g/mol. The number of ether oxygens (including phenoxy) is 1. The summed E-state index contributed by atoms with van der Waals surface area (Å²) in [5.74, 6) is -0.337. The maximum Gasteiger partial charge on any atom is 0.141 e. The fourth-order valence-electron chi connectivity index (χ4n) is 1.49. The number of hydrogen-bond donors (Lipinski definition) is 2. The van der Waals surface area contributed by atoms with E-state index >= 15 is 0 Å². The first-order valence-electron chi connectivity index (χ1n) is 5.65. The van der Waals surface area contributed by atoms with E-state index in [1.807, 2.05) is 6.92 Å². The summed E-state index contributed by atoms with van der Waals surface area (Å²) < 4.78 is 17.5. The Morgan fingerprint density at radius 2 is 2.29 bits per heavy atom. The molecule has 0 saturated heterocycles. The fraction of sp³-hybridized carbons (Fsp3) is 0.583. The van der Waals surface area contributed by atoms with E-state index in [4.69, 9.17) is 4.74 Å². The van der Waals surface area contributed by atoms with Crippen LogP contribution >= 0.6 is 0 Å². The van der Waals surface area contributed by atoms with Gasteiger partial charge in [0.05, 0.1) is 24.6 Å². The molecule has 1 aromatic rings. The first-order valence-corrected chi connectivity index (χ1v) is 5.65. The molecule has 2 N–H and O–H groups in total. The van der Waals surface area contributed by atoms with Crippen molar-refractivity contribution in [3.63, 3.8) is 0 Å². The molecule has 0 aliphatic heterocycles. The van der Waals surface area contributed by atoms with Crippen LogP contribution in [-0.2, 0) is 4.74 Å². The molecule has 1 rings (SSSR count). The molecule has 2 unspecified atom stereocenters. The van der Waals surface area contributed by atoms with E-state index in [0.717, 1.165) is 5.69 Å². The van der Waals surface area contributed by atoms with E-state index < -0.39 is 6.10 Å². The summed E-state index contributed by atoms with van der Waals surface area (Å²) in [6, 6.07) is 3.07. The highest BCUT2D eigenvalue weighted by molar-refractivity contribution is 5.08. The van der Waals surface area contributed by atoms with E-state index in [1.165, 1.54) is 12.3 Å². The predicted molar refractivity (Wildman–Crippen MR) is 63.1 cm³/mol. The molecule has 1 aromatic heterocycles. The Balaban J connectivity index is 2.29. The average Bonchev–Trinajstić information content (AvgIpc) is 2.30. The first-order chi connectivity index (χ1) is 8.13. The lowest BCUT2D eigenvalue weighted by molar-refractivity contribution is 0.0590. The minimum Gasteiger partial charge on any atom is -0.391 e. The minimum atomic E-state index is -0.458.